The molecular formula is C37H37N3O5. The van der Waals surface area contributed by atoms with Gasteiger partial charge in [0.1, 0.15) is 11.6 Å². The van der Waals surface area contributed by atoms with E-state index in [9.17, 15) is 19.5 Å². The first kappa shape index (κ1) is 29.2. The molecule has 6 atom stereocenters. The normalized spacial score (nSPS) is 28.1. The average molecular weight is 604 g/mol. The highest BCUT2D eigenvalue weighted by Gasteiger charge is 2.72. The molecule has 0 radical (unpaired) electrons. The van der Waals surface area contributed by atoms with E-state index in [1.165, 1.54) is 0 Å². The minimum atomic E-state index is -1.39. The second-order valence-electron chi connectivity index (χ2n) is 12.5. The summed E-state index contributed by atoms with van der Waals surface area (Å²) in [7, 11) is 0. The summed E-state index contributed by atoms with van der Waals surface area (Å²) < 4.78 is 6.84. The van der Waals surface area contributed by atoms with Crippen LogP contribution >= 0.6 is 0 Å². The van der Waals surface area contributed by atoms with Crippen molar-refractivity contribution in [3.05, 3.63) is 120 Å². The molecule has 1 spiro atoms. The van der Waals surface area contributed by atoms with E-state index in [0.717, 1.165) is 28.1 Å². The van der Waals surface area contributed by atoms with Crippen LogP contribution in [0, 0.1) is 25.7 Å². The van der Waals surface area contributed by atoms with Crippen molar-refractivity contribution in [2.24, 2.45) is 11.8 Å². The highest BCUT2D eigenvalue weighted by molar-refractivity contribution is 6.07. The molecule has 1 N–H and O–H groups in total. The number of aliphatic hydroxyl groups is 1. The van der Waals surface area contributed by atoms with Crippen LogP contribution in [0.25, 0.3) is 0 Å². The van der Waals surface area contributed by atoms with E-state index in [4.69, 9.17) is 4.74 Å². The third kappa shape index (κ3) is 4.71. The molecule has 2 saturated heterocycles. The summed E-state index contributed by atoms with van der Waals surface area (Å²) in [4.78, 5) is 49.1. The van der Waals surface area contributed by atoms with Gasteiger partial charge in [0.05, 0.1) is 30.6 Å². The predicted octanol–water partition coefficient (Wildman–Crippen LogP) is 3.99. The minimum absolute atomic E-state index is 0.216. The molecule has 4 aliphatic heterocycles. The number of hydrogen-bond donors (Lipinski definition) is 1. The fraction of sp³-hybridized carbons (Fsp3) is 0.324. The van der Waals surface area contributed by atoms with Gasteiger partial charge in [0.25, 0.3) is 5.91 Å². The van der Waals surface area contributed by atoms with Gasteiger partial charge in [0.15, 0.2) is 0 Å². The van der Waals surface area contributed by atoms with E-state index < -0.39 is 35.6 Å². The summed E-state index contributed by atoms with van der Waals surface area (Å²) in [6, 6.07) is 23.2. The molecular weight excluding hydrogens is 566 g/mol. The van der Waals surface area contributed by atoms with Crippen LogP contribution in [0.15, 0.2) is 103 Å². The number of benzene rings is 3. The highest BCUT2D eigenvalue weighted by Crippen LogP contribution is 2.54. The summed E-state index contributed by atoms with van der Waals surface area (Å²) in [6.07, 6.45) is 7.18. The number of hydrogen-bond acceptors (Lipinski definition) is 5. The summed E-state index contributed by atoms with van der Waals surface area (Å²) in [5.74, 6) is -2.64. The summed E-state index contributed by atoms with van der Waals surface area (Å²) in [5, 5.41) is 10.8. The zero-order chi connectivity index (χ0) is 31.3. The molecule has 0 aliphatic carbocycles. The van der Waals surface area contributed by atoms with Gasteiger partial charge in [-0.25, -0.2) is 0 Å². The number of aryl methyl sites for hydroxylation is 2. The molecule has 0 saturated carbocycles. The SMILES string of the molecule is Cc1ccc(C)c(N2CC=C[C@]34O[C@H]5C=CCN(c6ccccc6)C(=O)[C@H]5[C@H]3C(=O)N([C@@H](CO)Cc3ccccc3)C4C2=O)c1. The number of carbonyl (C=O) groups is 3. The van der Waals surface area contributed by atoms with Gasteiger partial charge in [0, 0.05) is 24.5 Å². The molecule has 45 heavy (non-hydrogen) atoms. The summed E-state index contributed by atoms with van der Waals surface area (Å²) in [5.41, 5.74) is 2.98. The van der Waals surface area contributed by atoms with Gasteiger partial charge >= 0.3 is 0 Å². The Labute approximate surface area is 263 Å². The third-order valence-corrected chi connectivity index (χ3v) is 9.74. The molecule has 2 fully saturated rings. The Morgan fingerprint density at radius 3 is 2.31 bits per heavy atom. The summed E-state index contributed by atoms with van der Waals surface area (Å²) >= 11 is 0. The molecule has 3 aromatic carbocycles. The van der Waals surface area contributed by atoms with E-state index in [0.29, 0.717) is 13.0 Å². The van der Waals surface area contributed by atoms with Crippen LogP contribution in [0.4, 0.5) is 11.4 Å². The van der Waals surface area contributed by atoms with Crippen LogP contribution in [-0.4, -0.2) is 71.2 Å². The minimum Gasteiger partial charge on any atom is -0.394 e. The molecule has 4 aliphatic rings. The van der Waals surface area contributed by atoms with Crippen molar-refractivity contribution >= 4 is 29.1 Å². The Bertz CT molecular complexity index is 1690. The third-order valence-electron chi connectivity index (χ3n) is 9.74. The predicted molar refractivity (Wildman–Crippen MR) is 172 cm³/mol. The van der Waals surface area contributed by atoms with Gasteiger partial charge in [-0.05, 0) is 55.2 Å². The zero-order valence-electron chi connectivity index (χ0n) is 25.5. The molecule has 1 unspecified atom stereocenters. The maximum atomic E-state index is 14.9. The fourth-order valence-electron chi connectivity index (χ4n) is 7.67. The lowest BCUT2D eigenvalue weighted by atomic mass is 9.77. The number of likely N-dealkylation sites (tertiary alicyclic amines) is 1. The van der Waals surface area contributed by atoms with Crippen molar-refractivity contribution in [1.82, 2.24) is 4.90 Å². The van der Waals surface area contributed by atoms with Crippen LogP contribution in [0.3, 0.4) is 0 Å². The first-order chi connectivity index (χ1) is 21.8. The Morgan fingerprint density at radius 1 is 0.867 bits per heavy atom. The van der Waals surface area contributed by atoms with Gasteiger partial charge in [-0.2, -0.15) is 0 Å². The Hall–Kier alpha value is -4.53. The van der Waals surface area contributed by atoms with E-state index in [1.807, 2.05) is 117 Å². The van der Waals surface area contributed by atoms with Crippen molar-refractivity contribution in [1.29, 1.82) is 0 Å². The molecule has 3 aromatic rings. The molecule has 0 aromatic heterocycles. The lowest BCUT2D eigenvalue weighted by Gasteiger charge is -2.39. The first-order valence-corrected chi connectivity index (χ1v) is 15.6. The first-order valence-electron chi connectivity index (χ1n) is 15.6. The van der Waals surface area contributed by atoms with Crippen LogP contribution in [-0.2, 0) is 25.5 Å². The monoisotopic (exact) mass is 603 g/mol. The van der Waals surface area contributed by atoms with Crippen LogP contribution in [0.5, 0.6) is 0 Å². The molecule has 7 rings (SSSR count). The number of para-hydroxylation sites is 1. The standard InChI is InChI=1S/C37H37N3O5/c1-24-16-17-25(2)29(21-24)39-20-10-18-37-32(31-30(45-37)15-9-19-38(34(31)42)27-13-7-4-8-14-27)35(43)40(33(37)36(39)44)28(23-41)22-26-11-5-3-6-12-26/h3-18,21,28,30-33,41H,19-20,22-23H2,1-2H3/t28-,30+,31-,32+,33?,37+/m1/s1. The van der Waals surface area contributed by atoms with Crippen molar-refractivity contribution in [3.63, 3.8) is 0 Å². The van der Waals surface area contributed by atoms with Gasteiger partial charge in [-0.3, -0.25) is 14.4 Å². The van der Waals surface area contributed by atoms with Gasteiger partial charge in [-0.15, -0.1) is 0 Å². The fourth-order valence-corrected chi connectivity index (χ4v) is 7.67. The lowest BCUT2D eigenvalue weighted by Crippen LogP contribution is -2.58. The van der Waals surface area contributed by atoms with Gasteiger partial charge in [0.2, 0.25) is 11.8 Å². The maximum absolute atomic E-state index is 14.9. The largest absolute Gasteiger partial charge is 0.394 e. The molecule has 0 bridgehead atoms. The van der Waals surface area contributed by atoms with E-state index in [2.05, 4.69) is 0 Å². The number of carbonyl (C=O) groups excluding carboxylic acids is 3. The molecule has 3 amide bonds. The molecule has 4 heterocycles. The molecule has 8 heteroatoms. The smallest absolute Gasteiger partial charge is 0.253 e. The zero-order valence-corrected chi connectivity index (χ0v) is 25.5. The van der Waals surface area contributed by atoms with E-state index in [1.54, 1.807) is 14.7 Å². The number of fused-ring (bicyclic) bond motifs is 2. The van der Waals surface area contributed by atoms with Crippen molar-refractivity contribution in [2.45, 2.75) is 44.1 Å². The topological polar surface area (TPSA) is 90.4 Å². The Kier molecular flexibility index (Phi) is 7.42. The molecule has 8 nitrogen and oxygen atoms in total. The van der Waals surface area contributed by atoms with Crippen LogP contribution in [0.2, 0.25) is 0 Å². The van der Waals surface area contributed by atoms with Crippen molar-refractivity contribution in [2.75, 3.05) is 29.5 Å². The maximum Gasteiger partial charge on any atom is 0.253 e. The van der Waals surface area contributed by atoms with Crippen LogP contribution < -0.4 is 9.80 Å². The second-order valence-corrected chi connectivity index (χ2v) is 12.5. The van der Waals surface area contributed by atoms with Crippen molar-refractivity contribution < 1.29 is 24.2 Å². The Morgan fingerprint density at radius 2 is 1.58 bits per heavy atom. The van der Waals surface area contributed by atoms with Gasteiger partial charge in [-0.1, -0.05) is 85.0 Å². The molecule has 230 valence electrons. The number of aliphatic hydroxyl groups excluding tert-OH is 1. The number of ether oxygens (including phenoxy) is 1. The van der Waals surface area contributed by atoms with Gasteiger partial charge < -0.3 is 24.5 Å². The second kappa shape index (κ2) is 11.4. The average Bonchev–Trinajstić information content (AvgIpc) is 3.37. The number of anilines is 2. The van der Waals surface area contributed by atoms with E-state index in [-0.39, 0.29) is 30.9 Å². The van der Waals surface area contributed by atoms with E-state index >= 15 is 0 Å². The number of amides is 3. The number of rotatable bonds is 6. The summed E-state index contributed by atoms with van der Waals surface area (Å²) in [6.45, 7) is 4.23. The van der Waals surface area contributed by atoms with Crippen molar-refractivity contribution in [3.8, 4) is 0 Å². The van der Waals surface area contributed by atoms with Crippen LogP contribution in [0.1, 0.15) is 16.7 Å². The lowest BCUT2D eigenvalue weighted by molar-refractivity contribution is -0.144. The Balaban J connectivity index is 1.36. The highest BCUT2D eigenvalue weighted by atomic mass is 16.5. The quantitative estimate of drug-likeness (QED) is 0.431. The number of nitrogens with zero attached hydrogens (tertiary/aromatic N) is 3.